The van der Waals surface area contributed by atoms with Crippen LogP contribution < -0.4 is 5.32 Å². The van der Waals surface area contributed by atoms with Gasteiger partial charge in [0.1, 0.15) is 0 Å². The van der Waals surface area contributed by atoms with E-state index in [1.165, 1.54) is 7.11 Å². The second-order valence-electron chi connectivity index (χ2n) is 3.49. The average Bonchev–Trinajstić information content (AvgIpc) is 2.36. The zero-order chi connectivity index (χ0) is 12.7. The molecule has 0 heterocycles. The zero-order valence-corrected chi connectivity index (χ0v) is 9.55. The lowest BCUT2D eigenvalue weighted by atomic mass is 10.1. The molecular weight excluding hydrogens is 222 g/mol. The lowest BCUT2D eigenvalue weighted by Gasteiger charge is -2.13. The van der Waals surface area contributed by atoms with E-state index < -0.39 is 18.6 Å². The largest absolute Gasteiger partial charge is 0.467 e. The topological polar surface area (TPSA) is 75.6 Å². The maximum Gasteiger partial charge on any atom is 0.330 e. The van der Waals surface area contributed by atoms with Crippen molar-refractivity contribution in [3.05, 3.63) is 35.9 Å². The number of esters is 1. The predicted molar refractivity (Wildman–Crippen MR) is 61.2 cm³/mol. The molecular formula is C12H15NO4. The van der Waals surface area contributed by atoms with Crippen molar-refractivity contribution in [3.63, 3.8) is 0 Å². The van der Waals surface area contributed by atoms with Gasteiger partial charge in [-0.1, -0.05) is 30.3 Å². The third-order valence-electron chi connectivity index (χ3n) is 2.21. The molecule has 0 spiro atoms. The van der Waals surface area contributed by atoms with Crippen LogP contribution in [0, 0.1) is 0 Å². The maximum atomic E-state index is 11.6. The molecule has 1 aromatic rings. The second-order valence-corrected chi connectivity index (χ2v) is 3.49. The minimum absolute atomic E-state index is 0.161. The molecule has 0 radical (unpaired) electrons. The van der Waals surface area contributed by atoms with Crippen molar-refractivity contribution in [2.45, 2.75) is 12.5 Å². The minimum atomic E-state index is -1.00. The van der Waals surface area contributed by atoms with E-state index in [4.69, 9.17) is 5.11 Å². The Hall–Kier alpha value is -1.88. The predicted octanol–water partition coefficient (Wildman–Crippen LogP) is -0.121. The van der Waals surface area contributed by atoms with Crippen LogP contribution in [-0.4, -0.2) is 36.7 Å². The van der Waals surface area contributed by atoms with Crippen molar-refractivity contribution in [1.82, 2.24) is 5.32 Å². The highest BCUT2D eigenvalue weighted by molar-refractivity contribution is 5.85. The Bertz CT molecular complexity index is 377. The molecule has 1 rings (SSSR count). The van der Waals surface area contributed by atoms with Gasteiger partial charge in [-0.05, 0) is 5.56 Å². The first-order chi connectivity index (χ1) is 8.17. The zero-order valence-electron chi connectivity index (χ0n) is 9.55. The first kappa shape index (κ1) is 13.2. The van der Waals surface area contributed by atoms with Crippen molar-refractivity contribution in [1.29, 1.82) is 0 Å². The Kier molecular flexibility index (Phi) is 5.16. The molecule has 5 heteroatoms. The van der Waals surface area contributed by atoms with Gasteiger partial charge in [-0.2, -0.15) is 0 Å². The number of hydrogen-bond acceptors (Lipinski definition) is 4. The molecule has 92 valence electrons. The molecule has 0 aliphatic rings. The van der Waals surface area contributed by atoms with E-state index in [-0.39, 0.29) is 12.3 Å². The number of benzene rings is 1. The van der Waals surface area contributed by atoms with Gasteiger partial charge in [0.2, 0.25) is 5.91 Å². The van der Waals surface area contributed by atoms with Crippen LogP contribution in [0.2, 0.25) is 0 Å². The van der Waals surface area contributed by atoms with Crippen LogP contribution in [0.1, 0.15) is 5.56 Å². The Labute approximate surface area is 99.4 Å². The number of methoxy groups -OCH3 is 1. The molecule has 0 saturated carbocycles. The molecule has 0 aliphatic heterocycles. The highest BCUT2D eigenvalue weighted by Gasteiger charge is 2.20. The van der Waals surface area contributed by atoms with Crippen molar-refractivity contribution >= 4 is 11.9 Å². The first-order valence-electron chi connectivity index (χ1n) is 5.19. The molecule has 5 nitrogen and oxygen atoms in total. The van der Waals surface area contributed by atoms with E-state index in [2.05, 4.69) is 10.1 Å². The fourth-order valence-electron chi connectivity index (χ4n) is 1.35. The summed E-state index contributed by atoms with van der Waals surface area (Å²) in [5, 5.41) is 11.3. The Morgan fingerprint density at radius 2 is 2.00 bits per heavy atom. The molecule has 0 aliphatic carbocycles. The number of carbonyl (C=O) groups is 2. The van der Waals surface area contributed by atoms with Crippen LogP contribution in [0.4, 0.5) is 0 Å². The number of ether oxygens (including phenoxy) is 1. The second kappa shape index (κ2) is 6.65. The normalized spacial score (nSPS) is 11.6. The minimum Gasteiger partial charge on any atom is -0.467 e. The molecule has 1 aromatic carbocycles. The molecule has 0 fully saturated rings. The molecule has 0 saturated heterocycles. The van der Waals surface area contributed by atoms with Crippen LogP contribution in [0.3, 0.4) is 0 Å². The average molecular weight is 237 g/mol. The van der Waals surface area contributed by atoms with E-state index in [0.29, 0.717) is 0 Å². The van der Waals surface area contributed by atoms with E-state index >= 15 is 0 Å². The van der Waals surface area contributed by atoms with Gasteiger partial charge in [-0.25, -0.2) is 4.79 Å². The van der Waals surface area contributed by atoms with Crippen molar-refractivity contribution < 1.29 is 19.4 Å². The molecule has 17 heavy (non-hydrogen) atoms. The summed E-state index contributed by atoms with van der Waals surface area (Å²) in [6, 6.07) is 8.12. The number of aliphatic hydroxyl groups is 1. The standard InChI is InChI=1S/C12H15NO4/c1-17-12(16)10(8-14)13-11(15)7-9-5-3-2-4-6-9/h2-6,10,14H,7-8H2,1H3,(H,13,15)/t10-/m0/s1. The number of aliphatic hydroxyl groups excluding tert-OH is 1. The number of carbonyl (C=O) groups excluding carboxylic acids is 2. The number of nitrogens with one attached hydrogen (secondary N) is 1. The van der Waals surface area contributed by atoms with Crippen molar-refractivity contribution in [3.8, 4) is 0 Å². The number of hydrogen-bond donors (Lipinski definition) is 2. The molecule has 0 bridgehead atoms. The first-order valence-corrected chi connectivity index (χ1v) is 5.19. The third kappa shape index (κ3) is 4.24. The lowest BCUT2D eigenvalue weighted by molar-refractivity contribution is -0.146. The highest BCUT2D eigenvalue weighted by atomic mass is 16.5. The van der Waals surface area contributed by atoms with Crippen molar-refractivity contribution in [2.75, 3.05) is 13.7 Å². The molecule has 2 N–H and O–H groups in total. The van der Waals surface area contributed by atoms with Crippen LogP contribution in [0.25, 0.3) is 0 Å². The summed E-state index contributed by atoms with van der Waals surface area (Å²) in [6.45, 7) is -0.479. The van der Waals surface area contributed by atoms with E-state index in [1.807, 2.05) is 30.3 Å². The van der Waals surface area contributed by atoms with Gasteiger partial charge in [0, 0.05) is 0 Å². The van der Waals surface area contributed by atoms with Gasteiger partial charge in [-0.15, -0.1) is 0 Å². The highest BCUT2D eigenvalue weighted by Crippen LogP contribution is 1.99. The van der Waals surface area contributed by atoms with Gasteiger partial charge in [0.15, 0.2) is 6.04 Å². The summed E-state index contributed by atoms with van der Waals surface area (Å²) >= 11 is 0. The fraction of sp³-hybridized carbons (Fsp3) is 0.333. The van der Waals surface area contributed by atoms with Gasteiger partial charge in [0.25, 0.3) is 0 Å². The Morgan fingerprint density at radius 3 is 2.53 bits per heavy atom. The van der Waals surface area contributed by atoms with Gasteiger partial charge < -0.3 is 15.2 Å². The summed E-state index contributed by atoms with van der Waals surface area (Å²) in [7, 11) is 1.20. The van der Waals surface area contributed by atoms with Crippen LogP contribution >= 0.6 is 0 Å². The van der Waals surface area contributed by atoms with Gasteiger partial charge in [-0.3, -0.25) is 4.79 Å². The Morgan fingerprint density at radius 1 is 1.35 bits per heavy atom. The van der Waals surface area contributed by atoms with Crippen LogP contribution in [0.5, 0.6) is 0 Å². The van der Waals surface area contributed by atoms with E-state index in [9.17, 15) is 9.59 Å². The summed E-state index contributed by atoms with van der Waals surface area (Å²) in [5.74, 6) is -0.991. The summed E-state index contributed by atoms with van der Waals surface area (Å²) in [4.78, 5) is 22.7. The summed E-state index contributed by atoms with van der Waals surface area (Å²) < 4.78 is 4.44. The summed E-state index contributed by atoms with van der Waals surface area (Å²) in [5.41, 5.74) is 0.839. The number of amides is 1. The van der Waals surface area contributed by atoms with E-state index in [1.54, 1.807) is 0 Å². The molecule has 1 amide bonds. The van der Waals surface area contributed by atoms with Crippen molar-refractivity contribution in [2.24, 2.45) is 0 Å². The Balaban J connectivity index is 2.51. The monoisotopic (exact) mass is 237 g/mol. The van der Waals surface area contributed by atoms with Gasteiger partial charge in [0.05, 0.1) is 20.1 Å². The smallest absolute Gasteiger partial charge is 0.330 e. The van der Waals surface area contributed by atoms with Crippen LogP contribution in [-0.2, 0) is 20.7 Å². The van der Waals surface area contributed by atoms with Crippen LogP contribution in [0.15, 0.2) is 30.3 Å². The molecule has 1 atom stereocenters. The summed E-state index contributed by atoms with van der Waals surface area (Å²) in [6.07, 6.45) is 0.161. The number of rotatable bonds is 5. The maximum absolute atomic E-state index is 11.6. The van der Waals surface area contributed by atoms with E-state index in [0.717, 1.165) is 5.56 Å². The third-order valence-corrected chi connectivity index (χ3v) is 2.21. The molecule has 0 aromatic heterocycles. The molecule has 0 unspecified atom stereocenters. The SMILES string of the molecule is COC(=O)[C@H](CO)NC(=O)Cc1ccccc1. The van der Waals surface area contributed by atoms with Gasteiger partial charge >= 0.3 is 5.97 Å². The quantitative estimate of drug-likeness (QED) is 0.700. The lowest BCUT2D eigenvalue weighted by Crippen LogP contribution is -2.44. The fourth-order valence-corrected chi connectivity index (χ4v) is 1.35.